The van der Waals surface area contributed by atoms with Crippen LogP contribution in [0.5, 0.6) is 5.75 Å². The lowest BCUT2D eigenvalue weighted by atomic mass is 9.95. The fraction of sp³-hybridized carbons (Fsp3) is 0.600. The molecule has 0 saturated carbocycles. The second-order valence-corrected chi connectivity index (χ2v) is 6.93. The first-order chi connectivity index (χ1) is 8.98. The number of nitrogens with zero attached hydrogens (tertiary/aromatic N) is 1. The van der Waals surface area contributed by atoms with Gasteiger partial charge in [0.15, 0.2) is 5.78 Å². The van der Waals surface area contributed by atoms with Crippen molar-refractivity contribution in [1.82, 2.24) is 4.98 Å². The van der Waals surface area contributed by atoms with E-state index in [-0.39, 0.29) is 10.5 Å². The van der Waals surface area contributed by atoms with Gasteiger partial charge in [0.1, 0.15) is 5.75 Å². The van der Waals surface area contributed by atoms with Crippen LogP contribution in [0.1, 0.15) is 36.6 Å². The van der Waals surface area contributed by atoms with Crippen molar-refractivity contribution in [3.05, 3.63) is 23.0 Å². The third kappa shape index (κ3) is 2.78. The van der Waals surface area contributed by atoms with E-state index in [1.54, 1.807) is 25.1 Å². The van der Waals surface area contributed by atoms with Gasteiger partial charge < -0.3 is 4.74 Å². The summed E-state index contributed by atoms with van der Waals surface area (Å²) in [6.07, 6.45) is 4.32. The number of carbonyl (C=O) groups excluding carboxylic acids is 1. The lowest BCUT2D eigenvalue weighted by molar-refractivity contribution is -0.120. The summed E-state index contributed by atoms with van der Waals surface area (Å²) in [6.45, 7) is 6.01. The maximum Gasteiger partial charge on any atom is 0.154 e. The molecule has 0 N–H and O–H groups in total. The van der Waals surface area contributed by atoms with Gasteiger partial charge in [-0.1, -0.05) is 0 Å². The van der Waals surface area contributed by atoms with E-state index in [1.165, 1.54) is 0 Å². The first-order valence-corrected chi connectivity index (χ1v) is 7.63. The molecule has 1 atom stereocenters. The lowest BCUT2D eigenvalue weighted by Crippen LogP contribution is -2.30. The van der Waals surface area contributed by atoms with E-state index in [2.05, 4.69) is 11.9 Å². The van der Waals surface area contributed by atoms with Gasteiger partial charge in [-0.15, -0.1) is 11.8 Å². The van der Waals surface area contributed by atoms with Crippen LogP contribution in [-0.2, 0) is 11.2 Å². The van der Waals surface area contributed by atoms with Gasteiger partial charge in [0.05, 0.1) is 24.0 Å². The molecule has 1 aliphatic heterocycles. The summed E-state index contributed by atoms with van der Waals surface area (Å²) in [5.41, 5.74) is 2.85. The van der Waals surface area contributed by atoms with Gasteiger partial charge in [-0.25, -0.2) is 0 Å². The van der Waals surface area contributed by atoms with Crippen LogP contribution in [0.15, 0.2) is 6.20 Å². The third-order valence-corrected chi connectivity index (χ3v) is 5.45. The molecule has 1 unspecified atom stereocenters. The molecule has 1 aliphatic rings. The summed E-state index contributed by atoms with van der Waals surface area (Å²) in [5.74, 6) is 2.23. The molecule has 1 aromatic heterocycles. The molecule has 0 aliphatic carbocycles. The third-order valence-electron chi connectivity index (χ3n) is 3.89. The first-order valence-electron chi connectivity index (χ1n) is 6.64. The summed E-state index contributed by atoms with van der Waals surface area (Å²) >= 11 is 1.78. The number of hydrogen-bond donors (Lipinski definition) is 0. The van der Waals surface area contributed by atoms with Crippen molar-refractivity contribution in [3.8, 4) is 5.75 Å². The standard InChI is InChI=1S/C15H21NO2S/c1-10-9-16-12(11(2)14(10)18-4)8-13(17)15(3)6-5-7-19-15/h9H,5-8H2,1-4H3. The van der Waals surface area contributed by atoms with Crippen molar-refractivity contribution < 1.29 is 9.53 Å². The maximum absolute atomic E-state index is 12.5. The van der Waals surface area contributed by atoms with Gasteiger partial charge in [-0.2, -0.15) is 0 Å². The zero-order valence-corrected chi connectivity index (χ0v) is 12.9. The number of pyridine rings is 1. The highest BCUT2D eigenvalue weighted by Crippen LogP contribution is 2.39. The van der Waals surface area contributed by atoms with Crippen molar-refractivity contribution in [3.63, 3.8) is 0 Å². The van der Waals surface area contributed by atoms with Crippen LogP contribution in [0, 0.1) is 13.8 Å². The Morgan fingerprint density at radius 3 is 2.84 bits per heavy atom. The second-order valence-electron chi connectivity index (χ2n) is 5.33. The fourth-order valence-corrected chi connectivity index (χ4v) is 3.85. The number of ether oxygens (including phenoxy) is 1. The molecule has 0 bridgehead atoms. The Hall–Kier alpha value is -1.03. The van der Waals surface area contributed by atoms with Crippen LogP contribution >= 0.6 is 11.8 Å². The second kappa shape index (κ2) is 5.53. The van der Waals surface area contributed by atoms with Crippen molar-refractivity contribution in [2.24, 2.45) is 0 Å². The van der Waals surface area contributed by atoms with Crippen molar-refractivity contribution in [1.29, 1.82) is 0 Å². The van der Waals surface area contributed by atoms with E-state index in [4.69, 9.17) is 4.74 Å². The highest BCUT2D eigenvalue weighted by Gasteiger charge is 2.37. The van der Waals surface area contributed by atoms with Gasteiger partial charge in [0, 0.05) is 17.3 Å². The van der Waals surface area contributed by atoms with Crippen LogP contribution in [0.3, 0.4) is 0 Å². The smallest absolute Gasteiger partial charge is 0.154 e. The normalized spacial score (nSPS) is 22.5. The van der Waals surface area contributed by atoms with E-state index in [0.717, 1.165) is 41.2 Å². The molecule has 1 fully saturated rings. The van der Waals surface area contributed by atoms with E-state index in [9.17, 15) is 4.79 Å². The van der Waals surface area contributed by atoms with Crippen molar-refractivity contribution in [2.75, 3.05) is 12.9 Å². The highest BCUT2D eigenvalue weighted by atomic mass is 32.2. The van der Waals surface area contributed by atoms with Gasteiger partial charge in [0.2, 0.25) is 0 Å². The van der Waals surface area contributed by atoms with Crippen molar-refractivity contribution >= 4 is 17.5 Å². The molecule has 0 radical (unpaired) electrons. The number of thioether (sulfide) groups is 1. The number of aryl methyl sites for hydroxylation is 1. The van der Waals surface area contributed by atoms with Crippen LogP contribution < -0.4 is 4.74 Å². The molecular weight excluding hydrogens is 258 g/mol. The van der Waals surface area contributed by atoms with Crippen LogP contribution in [-0.4, -0.2) is 28.4 Å². The van der Waals surface area contributed by atoms with Gasteiger partial charge in [-0.05, 0) is 39.4 Å². The van der Waals surface area contributed by atoms with E-state index >= 15 is 0 Å². The topological polar surface area (TPSA) is 39.2 Å². The lowest BCUT2D eigenvalue weighted by Gasteiger charge is -2.21. The molecule has 104 valence electrons. The van der Waals surface area contributed by atoms with E-state index < -0.39 is 0 Å². The molecule has 2 rings (SSSR count). The molecule has 19 heavy (non-hydrogen) atoms. The molecule has 2 heterocycles. The van der Waals surface area contributed by atoms with Gasteiger partial charge in [0.25, 0.3) is 0 Å². The quantitative estimate of drug-likeness (QED) is 0.849. The number of hydrogen-bond acceptors (Lipinski definition) is 4. The Bertz CT molecular complexity index is 493. The Labute approximate surface area is 119 Å². The summed E-state index contributed by atoms with van der Waals surface area (Å²) in [4.78, 5) is 16.9. The minimum Gasteiger partial charge on any atom is -0.496 e. The van der Waals surface area contributed by atoms with E-state index in [1.807, 2.05) is 13.8 Å². The minimum atomic E-state index is -0.216. The minimum absolute atomic E-state index is 0.216. The zero-order valence-electron chi connectivity index (χ0n) is 12.1. The molecular formula is C15H21NO2S. The maximum atomic E-state index is 12.5. The molecule has 1 saturated heterocycles. The molecule has 0 aromatic carbocycles. The number of methoxy groups -OCH3 is 1. The van der Waals surface area contributed by atoms with E-state index in [0.29, 0.717) is 6.42 Å². The van der Waals surface area contributed by atoms with Crippen molar-refractivity contribution in [2.45, 2.75) is 44.8 Å². The molecule has 4 heteroatoms. The largest absolute Gasteiger partial charge is 0.496 e. The molecule has 1 aromatic rings. The van der Waals surface area contributed by atoms with Gasteiger partial charge >= 0.3 is 0 Å². The first kappa shape index (κ1) is 14.4. The Morgan fingerprint density at radius 2 is 2.26 bits per heavy atom. The molecule has 3 nitrogen and oxygen atoms in total. The number of Topliss-reactive ketones (excluding diaryl/α,β-unsaturated/α-hetero) is 1. The number of carbonyl (C=O) groups is 1. The average molecular weight is 279 g/mol. The molecule has 0 amide bonds. The summed E-state index contributed by atoms with van der Waals surface area (Å²) < 4.78 is 5.18. The van der Waals surface area contributed by atoms with Crippen LogP contribution in [0.2, 0.25) is 0 Å². The average Bonchev–Trinajstić information content (AvgIpc) is 2.82. The van der Waals surface area contributed by atoms with Crippen LogP contribution in [0.4, 0.5) is 0 Å². The number of ketones is 1. The van der Waals surface area contributed by atoms with Crippen LogP contribution in [0.25, 0.3) is 0 Å². The SMILES string of the molecule is COc1c(C)cnc(CC(=O)C2(C)CCCS2)c1C. The Kier molecular flexibility index (Phi) is 4.19. The highest BCUT2D eigenvalue weighted by molar-refractivity contribution is 8.01. The Balaban J connectivity index is 2.22. The number of rotatable bonds is 4. The summed E-state index contributed by atoms with van der Waals surface area (Å²) in [6, 6.07) is 0. The number of aromatic nitrogens is 1. The predicted molar refractivity (Wildman–Crippen MR) is 79.1 cm³/mol. The Morgan fingerprint density at radius 1 is 1.53 bits per heavy atom. The predicted octanol–water partition coefficient (Wildman–Crippen LogP) is 3.10. The fourth-order valence-electron chi connectivity index (χ4n) is 2.59. The summed E-state index contributed by atoms with van der Waals surface area (Å²) in [7, 11) is 1.66. The summed E-state index contributed by atoms with van der Waals surface area (Å²) in [5, 5.41) is 0. The monoisotopic (exact) mass is 279 g/mol. The van der Waals surface area contributed by atoms with Gasteiger partial charge in [-0.3, -0.25) is 9.78 Å². The zero-order chi connectivity index (χ0) is 14.0. The molecule has 0 spiro atoms.